The number of fused-ring (bicyclic) bond motifs is 3. The molecule has 6 aliphatic rings. The molecule has 0 spiro atoms. The van der Waals surface area contributed by atoms with Gasteiger partial charge in [-0.2, -0.15) is 0 Å². The highest BCUT2D eigenvalue weighted by Crippen LogP contribution is 2.40. The Morgan fingerprint density at radius 3 is 1.64 bits per heavy atom. The summed E-state index contributed by atoms with van der Waals surface area (Å²) in [5.74, 6) is -2.80. The number of carbonyl (C=O) groups is 3. The summed E-state index contributed by atoms with van der Waals surface area (Å²) in [6, 6.07) is 0. The van der Waals surface area contributed by atoms with Crippen molar-refractivity contribution in [2.75, 3.05) is 0 Å². The number of hydrogen-bond acceptors (Lipinski definition) is 24. The molecule has 27 atom stereocenters. The molecule has 24 heteroatoms. The van der Waals surface area contributed by atoms with E-state index in [0.29, 0.717) is 25.7 Å². The van der Waals surface area contributed by atoms with Crippen LogP contribution in [0.5, 0.6) is 0 Å². The minimum absolute atomic E-state index is 0.0278. The standard InChI is InChI=1S/C63H110O24/c1-10-13-15-16-17-18-21-24-28-32-41(64)81-51-37(7)77-60(49(72)47(51)70)84-53-39(9)79-63(57(83-58(74)34(4)12-3)56(53)87-59-48(71)45(68)43(66)35(5)75-59)85-52-38(8)78-61-50(73)54(52)82-42(65)33-29-25-22-19-20-23-27-31-40(30-26-14-11-2)80-62-55(86-61)46(69)44(67)36(6)76-62/h34-40,43-57,59-63,66-73H,10-33H2,1-9H3. The third-order valence-electron chi connectivity index (χ3n) is 18.2. The van der Waals surface area contributed by atoms with Crippen LogP contribution in [0.15, 0.2) is 0 Å². The van der Waals surface area contributed by atoms with Gasteiger partial charge in [-0.05, 0) is 66.7 Å². The average molecular weight is 1250 g/mol. The van der Waals surface area contributed by atoms with Crippen molar-refractivity contribution < 1.29 is 117 Å². The van der Waals surface area contributed by atoms with Crippen molar-refractivity contribution in [2.45, 2.75) is 376 Å². The van der Waals surface area contributed by atoms with Gasteiger partial charge in [-0.1, -0.05) is 137 Å². The highest BCUT2D eigenvalue weighted by Gasteiger charge is 2.59. The molecule has 0 aromatic carbocycles. The lowest BCUT2D eigenvalue weighted by atomic mass is 9.95. The topological polar surface area (TPSA) is 333 Å². The van der Waals surface area contributed by atoms with Crippen molar-refractivity contribution in [2.24, 2.45) is 5.92 Å². The van der Waals surface area contributed by atoms with E-state index < -0.39 is 177 Å². The van der Waals surface area contributed by atoms with E-state index >= 15 is 0 Å². The summed E-state index contributed by atoms with van der Waals surface area (Å²) in [5, 5.41) is 91.8. The number of aliphatic hydroxyl groups is 8. The average Bonchev–Trinajstić information content (AvgIpc) is 3.64. The van der Waals surface area contributed by atoms with Gasteiger partial charge in [0.1, 0.15) is 73.2 Å². The molecule has 6 rings (SSSR count). The van der Waals surface area contributed by atoms with Gasteiger partial charge in [0.05, 0.1) is 42.5 Å². The molecular formula is C63H110O24. The molecule has 87 heavy (non-hydrogen) atoms. The second kappa shape index (κ2) is 36.8. The maximum Gasteiger partial charge on any atom is 0.309 e. The predicted octanol–water partition coefficient (Wildman–Crippen LogP) is 5.33. The lowest BCUT2D eigenvalue weighted by Gasteiger charge is -2.51. The first-order valence-electron chi connectivity index (χ1n) is 33.2. The Balaban J connectivity index is 1.29. The summed E-state index contributed by atoms with van der Waals surface area (Å²) >= 11 is 0. The Labute approximate surface area is 515 Å². The molecule has 24 nitrogen and oxygen atoms in total. The van der Waals surface area contributed by atoms with Crippen molar-refractivity contribution in [3.63, 3.8) is 0 Å². The first-order valence-corrected chi connectivity index (χ1v) is 33.2. The smallest absolute Gasteiger partial charge is 0.309 e. The number of hydrogen-bond donors (Lipinski definition) is 8. The van der Waals surface area contributed by atoms with Gasteiger partial charge in [-0.25, -0.2) is 0 Å². The molecule has 6 aliphatic heterocycles. The zero-order chi connectivity index (χ0) is 63.5. The van der Waals surface area contributed by atoms with E-state index in [9.17, 15) is 55.2 Å². The number of rotatable bonds is 24. The molecule has 506 valence electrons. The van der Waals surface area contributed by atoms with Crippen LogP contribution in [0.3, 0.4) is 0 Å². The summed E-state index contributed by atoms with van der Waals surface area (Å²) in [6.45, 7) is 15.3. The Bertz CT molecular complexity index is 1990. The fourth-order valence-corrected chi connectivity index (χ4v) is 12.3. The van der Waals surface area contributed by atoms with Crippen molar-refractivity contribution in [3.05, 3.63) is 0 Å². The summed E-state index contributed by atoms with van der Waals surface area (Å²) in [4.78, 5) is 41.3. The monoisotopic (exact) mass is 1250 g/mol. The van der Waals surface area contributed by atoms with Crippen molar-refractivity contribution >= 4 is 17.9 Å². The van der Waals surface area contributed by atoms with Gasteiger partial charge in [0, 0.05) is 12.8 Å². The molecule has 2 bridgehead atoms. The Kier molecular flexibility index (Phi) is 31.2. The van der Waals surface area contributed by atoms with Crippen LogP contribution in [-0.2, 0) is 76.0 Å². The van der Waals surface area contributed by atoms with E-state index in [-0.39, 0.29) is 18.9 Å². The quantitative estimate of drug-likeness (QED) is 0.0344. The lowest BCUT2D eigenvalue weighted by molar-refractivity contribution is -0.399. The zero-order valence-electron chi connectivity index (χ0n) is 53.2. The number of ether oxygens (including phenoxy) is 13. The first-order chi connectivity index (χ1) is 41.6. The molecule has 0 radical (unpaired) electrons. The molecule has 6 saturated heterocycles. The van der Waals surface area contributed by atoms with Crippen LogP contribution in [0.2, 0.25) is 0 Å². The molecule has 6 fully saturated rings. The lowest BCUT2D eigenvalue weighted by Crippen LogP contribution is -2.68. The number of unbranched alkanes of at least 4 members (excludes halogenated alkanes) is 10. The van der Waals surface area contributed by atoms with Crippen LogP contribution in [0, 0.1) is 5.92 Å². The van der Waals surface area contributed by atoms with E-state index in [2.05, 4.69) is 13.8 Å². The molecule has 6 heterocycles. The number of esters is 3. The van der Waals surface area contributed by atoms with E-state index in [1.807, 2.05) is 0 Å². The largest absolute Gasteiger partial charge is 0.457 e. The first kappa shape index (κ1) is 73.7. The molecule has 8 N–H and O–H groups in total. The van der Waals surface area contributed by atoms with Crippen LogP contribution in [-0.4, -0.2) is 218 Å². The van der Waals surface area contributed by atoms with Crippen LogP contribution in [0.4, 0.5) is 0 Å². The molecule has 0 saturated carbocycles. The summed E-state index contributed by atoms with van der Waals surface area (Å²) < 4.78 is 82.3. The Hall–Kier alpha value is -2.31. The predicted molar refractivity (Wildman–Crippen MR) is 311 cm³/mol. The third-order valence-corrected chi connectivity index (χ3v) is 18.2. The second-order valence-corrected chi connectivity index (χ2v) is 25.3. The van der Waals surface area contributed by atoms with E-state index in [4.69, 9.17) is 61.6 Å². The van der Waals surface area contributed by atoms with Crippen molar-refractivity contribution in [1.82, 2.24) is 0 Å². The Morgan fingerprint density at radius 1 is 0.460 bits per heavy atom. The van der Waals surface area contributed by atoms with Crippen molar-refractivity contribution in [3.8, 4) is 0 Å². The van der Waals surface area contributed by atoms with E-state index in [1.54, 1.807) is 27.7 Å². The van der Waals surface area contributed by atoms with Gasteiger partial charge in [0.2, 0.25) is 0 Å². The van der Waals surface area contributed by atoms with Crippen LogP contribution in [0.25, 0.3) is 0 Å². The second-order valence-electron chi connectivity index (χ2n) is 25.3. The van der Waals surface area contributed by atoms with Gasteiger partial charge >= 0.3 is 17.9 Å². The van der Waals surface area contributed by atoms with Crippen LogP contribution in [0.1, 0.15) is 216 Å². The maximum absolute atomic E-state index is 14.2. The number of carbonyl (C=O) groups excluding carboxylic acids is 3. The molecule has 0 aromatic heterocycles. The molecule has 0 amide bonds. The Morgan fingerprint density at radius 2 is 0.977 bits per heavy atom. The van der Waals surface area contributed by atoms with Crippen LogP contribution < -0.4 is 0 Å². The summed E-state index contributed by atoms with van der Waals surface area (Å²) in [5.41, 5.74) is 0. The van der Waals surface area contributed by atoms with Gasteiger partial charge in [0.15, 0.2) is 49.8 Å². The van der Waals surface area contributed by atoms with Gasteiger partial charge in [-0.15, -0.1) is 0 Å². The highest BCUT2D eigenvalue weighted by atomic mass is 16.8. The molecular weight excluding hydrogens is 1140 g/mol. The van der Waals surface area contributed by atoms with Gasteiger partial charge < -0.3 is 102 Å². The zero-order valence-corrected chi connectivity index (χ0v) is 53.2. The minimum atomic E-state index is -1.91. The maximum atomic E-state index is 14.2. The molecule has 27 unspecified atom stereocenters. The highest BCUT2D eigenvalue weighted by molar-refractivity contribution is 5.72. The fourth-order valence-electron chi connectivity index (χ4n) is 12.3. The van der Waals surface area contributed by atoms with Gasteiger partial charge in [-0.3, -0.25) is 14.4 Å². The normalized spacial score (nSPS) is 41.6. The SMILES string of the molecule is CCCCCCCCCCCC(=O)OC1C(C)OC(OC2C(C)OC(OC3C(C)OC4OC5C(OC(CCCCC)CCCCCCCCCC(=O)OC3C4O)OC(C)C(O)C5O)C(OC(=O)C(C)CC)C2OC2OC(C)C(O)C(O)C2O)C(O)C1O. The van der Waals surface area contributed by atoms with Crippen molar-refractivity contribution in [1.29, 1.82) is 0 Å². The molecule has 0 aliphatic carbocycles. The summed E-state index contributed by atoms with van der Waals surface area (Å²) in [7, 11) is 0. The van der Waals surface area contributed by atoms with Crippen LogP contribution >= 0.6 is 0 Å². The molecule has 0 aromatic rings. The summed E-state index contributed by atoms with van der Waals surface area (Å²) in [6.07, 6.45) is -18.3. The van der Waals surface area contributed by atoms with E-state index in [1.165, 1.54) is 46.5 Å². The third kappa shape index (κ3) is 20.8. The van der Waals surface area contributed by atoms with Gasteiger partial charge in [0.25, 0.3) is 0 Å². The fraction of sp³-hybridized carbons (Fsp3) is 0.952. The number of aliphatic hydroxyl groups excluding tert-OH is 8. The minimum Gasteiger partial charge on any atom is -0.457 e. The van der Waals surface area contributed by atoms with E-state index in [0.717, 1.165) is 89.9 Å².